The van der Waals surface area contributed by atoms with E-state index in [0.717, 1.165) is 16.7 Å². The van der Waals surface area contributed by atoms with Crippen LogP contribution >= 0.6 is 0 Å². The topological polar surface area (TPSA) is 75.2 Å². The zero-order valence-electron chi connectivity index (χ0n) is 11.6. The fourth-order valence-corrected chi connectivity index (χ4v) is 3.36. The van der Waals surface area contributed by atoms with Crippen LogP contribution < -0.4 is 10.6 Å². The van der Waals surface area contributed by atoms with Crippen LogP contribution in [0.4, 0.5) is 0 Å². The first-order valence-corrected chi connectivity index (χ1v) is 8.03. The number of nitrogens with one attached hydrogen (secondary N) is 1. The van der Waals surface area contributed by atoms with Gasteiger partial charge in [0.25, 0.3) is 15.9 Å². The van der Waals surface area contributed by atoms with Gasteiger partial charge in [0.1, 0.15) is 6.54 Å². The van der Waals surface area contributed by atoms with Gasteiger partial charge in [-0.2, -0.15) is 8.42 Å². The SMILES string of the molecule is Cc1ccc(S(=O)(=O)N[N+]2=C(N)c3ccccc3C2)cc1. The van der Waals surface area contributed by atoms with E-state index in [1.807, 2.05) is 31.2 Å². The van der Waals surface area contributed by atoms with Crippen LogP contribution in [0.3, 0.4) is 0 Å². The molecule has 0 amide bonds. The quantitative estimate of drug-likeness (QED) is 0.834. The van der Waals surface area contributed by atoms with Crippen molar-refractivity contribution in [2.45, 2.75) is 18.4 Å². The summed E-state index contributed by atoms with van der Waals surface area (Å²) in [4.78, 5) is 2.75. The molecular formula is C15H16N3O2S+. The molecular weight excluding hydrogens is 286 g/mol. The highest BCUT2D eigenvalue weighted by Gasteiger charge is 2.28. The molecule has 0 fully saturated rings. The molecule has 1 aliphatic heterocycles. The molecule has 1 aliphatic rings. The van der Waals surface area contributed by atoms with Crippen LogP contribution in [0.2, 0.25) is 0 Å². The van der Waals surface area contributed by atoms with E-state index in [1.165, 1.54) is 4.68 Å². The number of rotatable bonds is 3. The van der Waals surface area contributed by atoms with Crippen LogP contribution in [-0.2, 0) is 16.6 Å². The number of benzene rings is 2. The maximum absolute atomic E-state index is 12.4. The molecule has 5 nitrogen and oxygen atoms in total. The zero-order valence-corrected chi connectivity index (χ0v) is 12.4. The summed E-state index contributed by atoms with van der Waals surface area (Å²) in [6, 6.07) is 14.3. The molecule has 0 saturated carbocycles. The molecule has 0 aromatic heterocycles. The van der Waals surface area contributed by atoms with E-state index in [-0.39, 0.29) is 4.90 Å². The van der Waals surface area contributed by atoms with Crippen molar-refractivity contribution in [3.05, 3.63) is 65.2 Å². The molecule has 21 heavy (non-hydrogen) atoms. The van der Waals surface area contributed by atoms with Gasteiger partial charge in [0, 0.05) is 5.56 Å². The number of hydrazone groups is 1. The molecule has 0 spiro atoms. The second-order valence-corrected chi connectivity index (χ2v) is 6.70. The minimum Gasteiger partial charge on any atom is -0.285 e. The Morgan fingerprint density at radius 2 is 1.76 bits per heavy atom. The minimum atomic E-state index is -3.64. The second-order valence-electron chi connectivity index (χ2n) is 5.04. The Kier molecular flexibility index (Phi) is 3.17. The van der Waals surface area contributed by atoms with Crippen molar-refractivity contribution in [2.24, 2.45) is 5.73 Å². The molecule has 0 unspecified atom stereocenters. The van der Waals surface area contributed by atoms with E-state index in [4.69, 9.17) is 5.73 Å². The molecule has 2 aromatic rings. The number of sulfonamides is 1. The summed E-state index contributed by atoms with van der Waals surface area (Å²) in [7, 11) is -3.64. The van der Waals surface area contributed by atoms with Crippen LogP contribution in [-0.4, -0.2) is 18.9 Å². The van der Waals surface area contributed by atoms with E-state index in [2.05, 4.69) is 4.83 Å². The second kappa shape index (κ2) is 4.89. The Morgan fingerprint density at radius 3 is 2.43 bits per heavy atom. The van der Waals surface area contributed by atoms with Gasteiger partial charge in [0.05, 0.1) is 10.5 Å². The van der Waals surface area contributed by atoms with Crippen LogP contribution in [0.5, 0.6) is 0 Å². The molecule has 0 atom stereocenters. The van der Waals surface area contributed by atoms with Gasteiger partial charge in [-0.15, -0.1) is 9.52 Å². The fraction of sp³-hybridized carbons (Fsp3) is 0.133. The Morgan fingerprint density at radius 1 is 1.10 bits per heavy atom. The van der Waals surface area contributed by atoms with E-state index >= 15 is 0 Å². The maximum atomic E-state index is 12.4. The van der Waals surface area contributed by atoms with Crippen molar-refractivity contribution in [1.29, 1.82) is 0 Å². The van der Waals surface area contributed by atoms with Crippen molar-refractivity contribution in [2.75, 3.05) is 0 Å². The normalized spacial score (nSPS) is 14.1. The number of hydrazine groups is 1. The van der Waals surface area contributed by atoms with Gasteiger partial charge in [-0.25, -0.2) is 0 Å². The number of hydrogen-bond donors (Lipinski definition) is 2. The van der Waals surface area contributed by atoms with Crippen molar-refractivity contribution >= 4 is 15.9 Å². The number of amidine groups is 1. The summed E-state index contributed by atoms with van der Waals surface area (Å²) in [6.07, 6.45) is 0. The molecule has 0 radical (unpaired) electrons. The molecule has 0 saturated heterocycles. The summed E-state index contributed by atoms with van der Waals surface area (Å²) in [5, 5.41) is 0. The third-order valence-corrected chi connectivity index (χ3v) is 4.83. The summed E-state index contributed by atoms with van der Waals surface area (Å²) in [5.41, 5.74) is 8.89. The summed E-state index contributed by atoms with van der Waals surface area (Å²) in [6.45, 7) is 2.33. The molecule has 3 rings (SSSR count). The van der Waals surface area contributed by atoms with Gasteiger partial charge in [-0.1, -0.05) is 35.9 Å². The highest BCUT2D eigenvalue weighted by atomic mass is 32.2. The van der Waals surface area contributed by atoms with Gasteiger partial charge < -0.3 is 0 Å². The Labute approximate surface area is 123 Å². The average Bonchev–Trinajstić information content (AvgIpc) is 2.76. The number of nitrogens with zero attached hydrogens (tertiary/aromatic N) is 1. The Balaban J connectivity index is 1.91. The summed E-state index contributed by atoms with van der Waals surface area (Å²) >= 11 is 0. The van der Waals surface area contributed by atoms with Gasteiger partial charge in [0.15, 0.2) is 0 Å². The lowest BCUT2D eigenvalue weighted by Crippen LogP contribution is -2.38. The predicted octanol–water partition coefficient (Wildman–Crippen LogP) is 1.12. The molecule has 3 N–H and O–H groups in total. The van der Waals surface area contributed by atoms with Gasteiger partial charge in [0.2, 0.25) is 0 Å². The lowest BCUT2D eigenvalue weighted by atomic mass is 10.1. The maximum Gasteiger partial charge on any atom is 0.299 e. The van der Waals surface area contributed by atoms with Crippen LogP contribution in [0.25, 0.3) is 0 Å². The summed E-state index contributed by atoms with van der Waals surface area (Å²) in [5.74, 6) is 0.418. The average molecular weight is 302 g/mol. The first kappa shape index (κ1) is 13.6. The molecule has 6 heteroatoms. The lowest BCUT2D eigenvalue weighted by Gasteiger charge is -2.08. The standard InChI is InChI=1S/C15H15N3O2S/c1-11-6-8-13(9-7-11)21(19,20)17-18-10-12-4-2-3-5-14(12)15(18)16/h2-9,16-17H,10H2,1H3/p+1. The monoisotopic (exact) mass is 302 g/mol. The van der Waals surface area contributed by atoms with Crippen molar-refractivity contribution in [3.63, 3.8) is 0 Å². The minimum absolute atomic E-state index is 0.219. The van der Waals surface area contributed by atoms with E-state index in [9.17, 15) is 8.42 Å². The lowest BCUT2D eigenvalue weighted by molar-refractivity contribution is -0.576. The summed E-state index contributed by atoms with van der Waals surface area (Å²) < 4.78 is 26.2. The van der Waals surface area contributed by atoms with E-state index < -0.39 is 10.0 Å². The van der Waals surface area contributed by atoms with E-state index in [1.54, 1.807) is 24.3 Å². The van der Waals surface area contributed by atoms with Gasteiger partial charge >= 0.3 is 0 Å². The first-order chi connectivity index (χ1) is 9.97. The number of fused-ring (bicyclic) bond motifs is 1. The zero-order chi connectivity index (χ0) is 15.0. The van der Waals surface area contributed by atoms with Crippen molar-refractivity contribution < 1.29 is 13.1 Å². The van der Waals surface area contributed by atoms with Crippen LogP contribution in [0.1, 0.15) is 16.7 Å². The highest BCUT2D eigenvalue weighted by Crippen LogP contribution is 2.16. The van der Waals surface area contributed by atoms with Crippen LogP contribution in [0.15, 0.2) is 53.4 Å². The molecule has 2 aromatic carbocycles. The Hall–Kier alpha value is -2.34. The van der Waals surface area contributed by atoms with Crippen molar-refractivity contribution in [3.8, 4) is 0 Å². The third kappa shape index (κ3) is 2.50. The first-order valence-electron chi connectivity index (χ1n) is 6.55. The molecule has 108 valence electrons. The molecule has 1 heterocycles. The largest absolute Gasteiger partial charge is 0.299 e. The Bertz CT molecular complexity index is 824. The number of aryl methyl sites for hydroxylation is 1. The van der Waals surface area contributed by atoms with Gasteiger partial charge in [-0.05, 0) is 25.1 Å². The van der Waals surface area contributed by atoms with Crippen LogP contribution in [0, 0.1) is 6.92 Å². The predicted molar refractivity (Wildman–Crippen MR) is 80.2 cm³/mol. The highest BCUT2D eigenvalue weighted by molar-refractivity contribution is 7.89. The molecule has 0 aliphatic carbocycles. The van der Waals surface area contributed by atoms with Crippen molar-refractivity contribution in [1.82, 2.24) is 4.83 Å². The molecule has 0 bridgehead atoms. The van der Waals surface area contributed by atoms with Gasteiger partial charge in [-0.3, -0.25) is 5.73 Å². The third-order valence-electron chi connectivity index (χ3n) is 3.47. The number of nitrogens with two attached hydrogens (primary N) is 1. The smallest absolute Gasteiger partial charge is 0.285 e. The number of hydrogen-bond acceptors (Lipinski definition) is 3. The van der Waals surface area contributed by atoms with E-state index in [0.29, 0.717) is 12.4 Å². The fourth-order valence-electron chi connectivity index (χ4n) is 2.31.